The topological polar surface area (TPSA) is 96.5 Å². The average Bonchev–Trinajstić information content (AvgIpc) is 2.56. The summed E-state index contributed by atoms with van der Waals surface area (Å²) in [6.45, 7) is 9.28. The van der Waals surface area contributed by atoms with Crippen LogP contribution in [-0.2, 0) is 9.53 Å². The molecular formula is C18H28ClN5O3. The number of amides is 2. The molecule has 0 aliphatic carbocycles. The number of hydrogen-bond donors (Lipinski definition) is 2. The van der Waals surface area contributed by atoms with Gasteiger partial charge in [0.05, 0.1) is 5.92 Å². The molecule has 0 saturated carbocycles. The van der Waals surface area contributed by atoms with Crippen LogP contribution >= 0.6 is 11.6 Å². The van der Waals surface area contributed by atoms with E-state index in [-0.39, 0.29) is 11.8 Å². The predicted octanol–water partition coefficient (Wildman–Crippen LogP) is 2.30. The Labute approximate surface area is 165 Å². The Balaban J connectivity index is 1.78. The lowest BCUT2D eigenvalue weighted by Gasteiger charge is -2.33. The summed E-state index contributed by atoms with van der Waals surface area (Å²) in [5.41, 5.74) is -0.541. The van der Waals surface area contributed by atoms with Gasteiger partial charge < -0.3 is 20.3 Å². The van der Waals surface area contributed by atoms with Crippen molar-refractivity contribution in [3.8, 4) is 0 Å². The Kier molecular flexibility index (Phi) is 7.24. The first-order chi connectivity index (χ1) is 12.6. The van der Waals surface area contributed by atoms with Gasteiger partial charge in [-0.15, -0.1) is 0 Å². The van der Waals surface area contributed by atoms with E-state index in [1.54, 1.807) is 33.8 Å². The molecular weight excluding hydrogens is 370 g/mol. The van der Waals surface area contributed by atoms with Gasteiger partial charge in [0.1, 0.15) is 22.4 Å². The molecule has 27 heavy (non-hydrogen) atoms. The van der Waals surface area contributed by atoms with Crippen LogP contribution in [0, 0.1) is 12.8 Å². The first kappa shape index (κ1) is 21.2. The molecule has 0 spiro atoms. The van der Waals surface area contributed by atoms with Crippen LogP contribution in [-0.4, -0.2) is 53.7 Å². The summed E-state index contributed by atoms with van der Waals surface area (Å²) in [6.07, 6.45) is 1.23. The van der Waals surface area contributed by atoms with Crippen molar-refractivity contribution in [3.63, 3.8) is 0 Å². The number of ether oxygens (including phenoxy) is 1. The molecule has 1 saturated heterocycles. The van der Waals surface area contributed by atoms with Gasteiger partial charge in [0.2, 0.25) is 5.91 Å². The molecule has 150 valence electrons. The fourth-order valence-electron chi connectivity index (χ4n) is 2.89. The number of nitrogens with one attached hydrogen (secondary N) is 2. The maximum Gasteiger partial charge on any atom is 0.407 e. The number of alkyl carbamates (subject to hydrolysis) is 1. The molecule has 1 aliphatic heterocycles. The minimum atomic E-state index is -0.541. The smallest absolute Gasteiger partial charge is 0.407 e. The summed E-state index contributed by atoms with van der Waals surface area (Å²) in [5.74, 6) is 1.20. The van der Waals surface area contributed by atoms with E-state index in [2.05, 4.69) is 25.5 Å². The molecule has 2 heterocycles. The Morgan fingerprint density at radius 1 is 1.30 bits per heavy atom. The van der Waals surface area contributed by atoms with E-state index in [4.69, 9.17) is 16.3 Å². The van der Waals surface area contributed by atoms with E-state index in [1.165, 1.54) is 0 Å². The maximum atomic E-state index is 12.4. The normalized spacial score (nSPS) is 17.4. The second-order valence-electron chi connectivity index (χ2n) is 7.60. The highest BCUT2D eigenvalue weighted by atomic mass is 35.5. The third kappa shape index (κ3) is 7.21. The molecule has 0 bridgehead atoms. The quantitative estimate of drug-likeness (QED) is 0.584. The molecule has 2 amide bonds. The standard InChI is InChI=1S/C18H28ClN5O3/c1-12-22-14(19)10-15(23-12)24-9-5-6-13(11-24)16(25)20-7-8-21-17(26)27-18(2,3)4/h10,13H,5-9,11H2,1-4H3,(H,20,25)(H,21,26). The highest BCUT2D eigenvalue weighted by Gasteiger charge is 2.26. The van der Waals surface area contributed by atoms with Gasteiger partial charge in [-0.05, 0) is 40.5 Å². The second kappa shape index (κ2) is 9.21. The molecule has 0 radical (unpaired) electrons. The van der Waals surface area contributed by atoms with Gasteiger partial charge in [-0.25, -0.2) is 14.8 Å². The molecule has 1 aromatic heterocycles. The zero-order valence-electron chi connectivity index (χ0n) is 16.3. The first-order valence-corrected chi connectivity index (χ1v) is 9.52. The molecule has 1 unspecified atom stereocenters. The summed E-state index contributed by atoms with van der Waals surface area (Å²) < 4.78 is 5.15. The minimum absolute atomic E-state index is 0.0254. The first-order valence-electron chi connectivity index (χ1n) is 9.15. The Bertz CT molecular complexity index is 657. The van der Waals surface area contributed by atoms with Crippen LogP contribution in [0.1, 0.15) is 39.4 Å². The fraction of sp³-hybridized carbons (Fsp3) is 0.667. The van der Waals surface area contributed by atoms with Gasteiger partial charge >= 0.3 is 6.09 Å². The van der Waals surface area contributed by atoms with Crippen molar-refractivity contribution in [1.82, 2.24) is 20.6 Å². The Morgan fingerprint density at radius 2 is 2.00 bits per heavy atom. The van der Waals surface area contributed by atoms with Crippen molar-refractivity contribution in [2.75, 3.05) is 31.1 Å². The third-order valence-electron chi connectivity index (χ3n) is 4.00. The van der Waals surface area contributed by atoms with Crippen LogP contribution in [0.15, 0.2) is 6.07 Å². The molecule has 2 N–H and O–H groups in total. The number of nitrogens with zero attached hydrogens (tertiary/aromatic N) is 3. The van der Waals surface area contributed by atoms with E-state index in [1.807, 2.05) is 0 Å². The largest absolute Gasteiger partial charge is 0.444 e. The molecule has 9 heteroatoms. The summed E-state index contributed by atoms with van der Waals surface area (Å²) in [5, 5.41) is 5.90. The van der Waals surface area contributed by atoms with Gasteiger partial charge in [0.15, 0.2) is 0 Å². The van der Waals surface area contributed by atoms with Crippen molar-refractivity contribution in [1.29, 1.82) is 0 Å². The zero-order chi connectivity index (χ0) is 20.0. The number of carbonyl (C=O) groups is 2. The molecule has 1 fully saturated rings. The van der Waals surface area contributed by atoms with Crippen LogP contribution in [0.3, 0.4) is 0 Å². The van der Waals surface area contributed by atoms with Crippen molar-refractivity contribution in [3.05, 3.63) is 17.0 Å². The molecule has 0 aromatic carbocycles. The van der Waals surface area contributed by atoms with Crippen molar-refractivity contribution < 1.29 is 14.3 Å². The van der Waals surface area contributed by atoms with Gasteiger partial charge in [0, 0.05) is 32.2 Å². The van der Waals surface area contributed by atoms with Crippen molar-refractivity contribution in [2.24, 2.45) is 5.92 Å². The number of aromatic nitrogens is 2. The van der Waals surface area contributed by atoms with E-state index in [9.17, 15) is 9.59 Å². The van der Waals surface area contributed by atoms with E-state index in [0.717, 1.165) is 25.2 Å². The van der Waals surface area contributed by atoms with Crippen LogP contribution < -0.4 is 15.5 Å². The monoisotopic (exact) mass is 397 g/mol. The zero-order valence-corrected chi connectivity index (χ0v) is 17.1. The Morgan fingerprint density at radius 3 is 2.67 bits per heavy atom. The van der Waals surface area contributed by atoms with Gasteiger partial charge in [0.25, 0.3) is 0 Å². The number of halogens is 1. The lowest BCUT2D eigenvalue weighted by atomic mass is 9.97. The third-order valence-corrected chi connectivity index (χ3v) is 4.20. The number of aryl methyl sites for hydroxylation is 1. The van der Waals surface area contributed by atoms with Crippen LogP contribution in [0.4, 0.5) is 10.6 Å². The molecule has 2 rings (SSSR count). The number of piperidine rings is 1. The fourth-order valence-corrected chi connectivity index (χ4v) is 3.11. The predicted molar refractivity (Wildman–Crippen MR) is 104 cm³/mol. The average molecular weight is 398 g/mol. The lowest BCUT2D eigenvalue weighted by Crippen LogP contribution is -2.45. The van der Waals surface area contributed by atoms with Gasteiger partial charge in [-0.1, -0.05) is 11.6 Å². The molecule has 1 aliphatic rings. The molecule has 1 aromatic rings. The summed E-state index contributed by atoms with van der Waals surface area (Å²) in [7, 11) is 0. The molecule has 8 nitrogen and oxygen atoms in total. The number of rotatable bonds is 5. The minimum Gasteiger partial charge on any atom is -0.444 e. The highest BCUT2D eigenvalue weighted by molar-refractivity contribution is 6.29. The van der Waals surface area contributed by atoms with Crippen LogP contribution in [0.5, 0.6) is 0 Å². The Hall–Kier alpha value is -2.09. The second-order valence-corrected chi connectivity index (χ2v) is 7.99. The van der Waals surface area contributed by atoms with Crippen molar-refractivity contribution >= 4 is 29.4 Å². The van der Waals surface area contributed by atoms with E-state index in [0.29, 0.717) is 30.6 Å². The lowest BCUT2D eigenvalue weighted by molar-refractivity contribution is -0.125. The van der Waals surface area contributed by atoms with Crippen LogP contribution in [0.2, 0.25) is 5.15 Å². The van der Waals surface area contributed by atoms with Crippen molar-refractivity contribution in [2.45, 2.75) is 46.1 Å². The molecule has 1 atom stereocenters. The van der Waals surface area contributed by atoms with Crippen LogP contribution in [0.25, 0.3) is 0 Å². The highest BCUT2D eigenvalue weighted by Crippen LogP contribution is 2.23. The van der Waals surface area contributed by atoms with Gasteiger partial charge in [-0.2, -0.15) is 0 Å². The van der Waals surface area contributed by atoms with E-state index >= 15 is 0 Å². The summed E-state index contributed by atoms with van der Waals surface area (Å²) in [4.78, 5) is 34.6. The number of carbonyl (C=O) groups excluding carboxylic acids is 2. The van der Waals surface area contributed by atoms with E-state index < -0.39 is 11.7 Å². The maximum absolute atomic E-state index is 12.4. The number of anilines is 1. The summed E-state index contributed by atoms with van der Waals surface area (Å²) in [6, 6.07) is 1.72. The van der Waals surface area contributed by atoms with Gasteiger partial charge in [-0.3, -0.25) is 4.79 Å². The number of hydrogen-bond acceptors (Lipinski definition) is 6. The SMILES string of the molecule is Cc1nc(Cl)cc(N2CCCC(C(=O)NCCNC(=O)OC(C)(C)C)C2)n1. The summed E-state index contributed by atoms with van der Waals surface area (Å²) >= 11 is 6.02.